The van der Waals surface area contributed by atoms with Crippen LogP contribution < -0.4 is 0 Å². The van der Waals surface area contributed by atoms with Crippen LogP contribution in [0.1, 0.15) is 23.0 Å². The first-order valence-electron chi connectivity index (χ1n) is 8.93. The Morgan fingerprint density at radius 3 is 2.72 bits per heavy atom. The second-order valence-electron chi connectivity index (χ2n) is 6.63. The highest BCUT2D eigenvalue weighted by molar-refractivity contribution is 5.15. The van der Waals surface area contributed by atoms with E-state index in [1.165, 1.54) is 5.56 Å². The van der Waals surface area contributed by atoms with Crippen molar-refractivity contribution >= 4 is 0 Å². The maximum Gasteiger partial charge on any atom is 0.151 e. The average molecular weight is 336 g/mol. The third-order valence-corrected chi connectivity index (χ3v) is 4.84. The summed E-state index contributed by atoms with van der Waals surface area (Å²) in [5, 5.41) is 4.73. The fourth-order valence-corrected chi connectivity index (χ4v) is 3.31. The molecule has 0 unspecified atom stereocenters. The van der Waals surface area contributed by atoms with Gasteiger partial charge in [0.1, 0.15) is 11.6 Å². The van der Waals surface area contributed by atoms with E-state index >= 15 is 0 Å². The third kappa shape index (κ3) is 3.79. The highest BCUT2D eigenvalue weighted by Crippen LogP contribution is 2.11. The summed E-state index contributed by atoms with van der Waals surface area (Å²) in [6.45, 7) is 3.78. The monoisotopic (exact) mass is 336 g/mol. The lowest BCUT2D eigenvalue weighted by Crippen LogP contribution is -2.28. The van der Waals surface area contributed by atoms with Crippen molar-refractivity contribution in [2.45, 2.75) is 32.4 Å². The van der Waals surface area contributed by atoms with E-state index in [1.807, 2.05) is 19.4 Å². The van der Waals surface area contributed by atoms with Gasteiger partial charge in [0, 0.05) is 45.4 Å². The van der Waals surface area contributed by atoms with Crippen molar-refractivity contribution in [2.75, 3.05) is 13.1 Å². The molecule has 3 heterocycles. The molecule has 3 aromatic rings. The number of hydrogen-bond donors (Lipinski definition) is 0. The first kappa shape index (κ1) is 16.0. The smallest absolute Gasteiger partial charge is 0.151 e. The summed E-state index contributed by atoms with van der Waals surface area (Å²) in [4.78, 5) is 11.6. The molecule has 0 N–H and O–H groups in total. The Labute approximate surface area is 148 Å². The number of benzene rings is 1. The Balaban J connectivity index is 1.35. The number of hydrogen-bond acceptors (Lipinski definition) is 4. The van der Waals surface area contributed by atoms with Gasteiger partial charge in [0.15, 0.2) is 5.82 Å². The molecule has 0 amide bonds. The van der Waals surface area contributed by atoms with Crippen LogP contribution in [0.25, 0.3) is 0 Å². The van der Waals surface area contributed by atoms with Crippen LogP contribution in [0.4, 0.5) is 0 Å². The molecule has 0 atom stereocenters. The summed E-state index contributed by atoms with van der Waals surface area (Å²) in [5.74, 6) is 3.19. The Morgan fingerprint density at radius 1 is 1.04 bits per heavy atom. The summed E-state index contributed by atoms with van der Waals surface area (Å²) in [7, 11) is 2.05. The van der Waals surface area contributed by atoms with Gasteiger partial charge in [-0.2, -0.15) is 5.10 Å². The first-order valence-corrected chi connectivity index (χ1v) is 8.93. The van der Waals surface area contributed by atoms with Crippen LogP contribution in [0.5, 0.6) is 0 Å². The molecule has 0 radical (unpaired) electrons. The SMILES string of the molecule is Cn1ccnc1CN1CCc2nc(CCc3ccccc3)nn2CC1. The molecular weight excluding hydrogens is 312 g/mol. The zero-order chi connectivity index (χ0) is 17.1. The van der Waals surface area contributed by atoms with Gasteiger partial charge in [-0.1, -0.05) is 30.3 Å². The molecule has 0 aliphatic carbocycles. The van der Waals surface area contributed by atoms with E-state index in [0.717, 1.165) is 62.9 Å². The topological polar surface area (TPSA) is 51.8 Å². The van der Waals surface area contributed by atoms with Crippen molar-refractivity contribution in [3.8, 4) is 0 Å². The zero-order valence-electron chi connectivity index (χ0n) is 14.7. The molecular formula is C19H24N6. The quantitative estimate of drug-likeness (QED) is 0.714. The van der Waals surface area contributed by atoms with Crippen molar-refractivity contribution in [2.24, 2.45) is 7.05 Å². The van der Waals surface area contributed by atoms with E-state index in [0.29, 0.717) is 0 Å². The van der Waals surface area contributed by atoms with E-state index in [2.05, 4.69) is 49.5 Å². The largest absolute Gasteiger partial charge is 0.337 e. The average Bonchev–Trinajstić information content (AvgIpc) is 3.17. The Kier molecular flexibility index (Phi) is 4.61. The molecule has 25 heavy (non-hydrogen) atoms. The molecule has 4 rings (SSSR count). The number of nitrogens with zero attached hydrogens (tertiary/aromatic N) is 6. The lowest BCUT2D eigenvalue weighted by molar-refractivity contribution is 0.259. The fraction of sp³-hybridized carbons (Fsp3) is 0.421. The lowest BCUT2D eigenvalue weighted by atomic mass is 10.1. The summed E-state index contributed by atoms with van der Waals surface area (Å²) >= 11 is 0. The molecule has 1 aromatic carbocycles. The van der Waals surface area contributed by atoms with Crippen LogP contribution in [-0.4, -0.2) is 42.3 Å². The first-order chi connectivity index (χ1) is 12.3. The van der Waals surface area contributed by atoms with Gasteiger partial charge < -0.3 is 4.57 Å². The van der Waals surface area contributed by atoms with Crippen LogP contribution in [0.2, 0.25) is 0 Å². The van der Waals surface area contributed by atoms with E-state index in [9.17, 15) is 0 Å². The standard InChI is InChI=1S/C19H24N6/c1-23-12-10-20-19(23)15-24-11-9-18-21-17(22-25(18)14-13-24)8-7-16-5-3-2-4-6-16/h2-6,10,12H,7-9,11,13-15H2,1H3. The Hall–Kier alpha value is -2.47. The normalized spacial score (nSPS) is 15.1. The number of aryl methyl sites for hydroxylation is 3. The van der Waals surface area contributed by atoms with Crippen molar-refractivity contribution in [3.63, 3.8) is 0 Å². The number of rotatable bonds is 5. The minimum absolute atomic E-state index is 0.884. The van der Waals surface area contributed by atoms with Crippen LogP contribution >= 0.6 is 0 Å². The molecule has 6 nitrogen and oxygen atoms in total. The minimum Gasteiger partial charge on any atom is -0.337 e. The molecule has 0 saturated carbocycles. The van der Waals surface area contributed by atoms with Crippen molar-refractivity contribution in [3.05, 3.63) is 65.8 Å². The molecule has 0 spiro atoms. The lowest BCUT2D eigenvalue weighted by Gasteiger charge is -2.18. The van der Waals surface area contributed by atoms with Gasteiger partial charge in [0.25, 0.3) is 0 Å². The van der Waals surface area contributed by atoms with Crippen molar-refractivity contribution in [1.82, 2.24) is 29.2 Å². The van der Waals surface area contributed by atoms with Crippen LogP contribution in [0.3, 0.4) is 0 Å². The molecule has 2 aromatic heterocycles. The van der Waals surface area contributed by atoms with Gasteiger partial charge in [-0.25, -0.2) is 14.6 Å². The summed E-state index contributed by atoms with van der Waals surface area (Å²) in [5.41, 5.74) is 1.34. The summed E-state index contributed by atoms with van der Waals surface area (Å²) in [6.07, 6.45) is 6.71. The van der Waals surface area contributed by atoms with E-state index in [1.54, 1.807) is 0 Å². The second-order valence-corrected chi connectivity index (χ2v) is 6.63. The number of imidazole rings is 1. The summed E-state index contributed by atoms with van der Waals surface area (Å²) in [6, 6.07) is 10.5. The van der Waals surface area contributed by atoms with Gasteiger partial charge in [0.05, 0.1) is 13.1 Å². The molecule has 1 aliphatic rings. The van der Waals surface area contributed by atoms with Crippen molar-refractivity contribution in [1.29, 1.82) is 0 Å². The summed E-state index contributed by atoms with van der Waals surface area (Å²) < 4.78 is 4.18. The maximum atomic E-state index is 4.78. The van der Waals surface area contributed by atoms with Gasteiger partial charge >= 0.3 is 0 Å². The van der Waals surface area contributed by atoms with Gasteiger partial charge in [-0.15, -0.1) is 0 Å². The highest BCUT2D eigenvalue weighted by atomic mass is 15.4. The van der Waals surface area contributed by atoms with E-state index < -0.39 is 0 Å². The van der Waals surface area contributed by atoms with Gasteiger partial charge in [0.2, 0.25) is 0 Å². The predicted octanol–water partition coefficient (Wildman–Crippen LogP) is 1.86. The minimum atomic E-state index is 0.884. The molecule has 130 valence electrons. The van der Waals surface area contributed by atoms with Gasteiger partial charge in [-0.3, -0.25) is 4.90 Å². The highest BCUT2D eigenvalue weighted by Gasteiger charge is 2.18. The van der Waals surface area contributed by atoms with Crippen LogP contribution in [0, 0.1) is 0 Å². The Bertz CT molecular complexity index is 794. The zero-order valence-corrected chi connectivity index (χ0v) is 14.7. The third-order valence-electron chi connectivity index (χ3n) is 4.84. The molecule has 0 fully saturated rings. The van der Waals surface area contributed by atoms with Crippen LogP contribution in [0.15, 0.2) is 42.7 Å². The fourth-order valence-electron chi connectivity index (χ4n) is 3.31. The van der Waals surface area contributed by atoms with Crippen LogP contribution in [-0.2, 0) is 39.4 Å². The van der Waals surface area contributed by atoms with E-state index in [4.69, 9.17) is 10.1 Å². The number of aromatic nitrogens is 5. The van der Waals surface area contributed by atoms with Gasteiger partial charge in [-0.05, 0) is 12.0 Å². The van der Waals surface area contributed by atoms with E-state index in [-0.39, 0.29) is 0 Å². The van der Waals surface area contributed by atoms with Crippen molar-refractivity contribution < 1.29 is 0 Å². The number of fused-ring (bicyclic) bond motifs is 1. The molecule has 1 aliphatic heterocycles. The Morgan fingerprint density at radius 2 is 1.92 bits per heavy atom. The second kappa shape index (κ2) is 7.19. The molecule has 0 saturated heterocycles. The predicted molar refractivity (Wildman–Crippen MR) is 96.1 cm³/mol. The molecule has 0 bridgehead atoms. The maximum absolute atomic E-state index is 4.78. The molecule has 6 heteroatoms.